The van der Waals surface area contributed by atoms with E-state index >= 15 is 0 Å². The summed E-state index contributed by atoms with van der Waals surface area (Å²) >= 11 is 6.21. The van der Waals surface area contributed by atoms with Crippen LogP contribution >= 0.6 is 11.6 Å². The topological polar surface area (TPSA) is 35.5 Å². The SMILES string of the molecule is OCC1(Nc2ccccc2Cl)CCN2CCC1C2. The van der Waals surface area contributed by atoms with Crippen LogP contribution in [-0.4, -0.2) is 41.8 Å². The highest BCUT2D eigenvalue weighted by Crippen LogP contribution is 2.39. The molecule has 0 spiro atoms. The zero-order chi connectivity index (χ0) is 12.6. The fourth-order valence-corrected chi connectivity index (χ4v) is 3.47. The van der Waals surface area contributed by atoms with Gasteiger partial charge in [-0.1, -0.05) is 23.7 Å². The zero-order valence-corrected chi connectivity index (χ0v) is 11.2. The molecular weight excluding hydrogens is 248 g/mol. The normalized spacial score (nSPS) is 34.6. The van der Waals surface area contributed by atoms with Crippen molar-refractivity contribution in [2.45, 2.75) is 18.4 Å². The Morgan fingerprint density at radius 1 is 1.39 bits per heavy atom. The van der Waals surface area contributed by atoms with Crippen LogP contribution in [0.3, 0.4) is 0 Å². The van der Waals surface area contributed by atoms with Crippen LogP contribution in [0.1, 0.15) is 12.8 Å². The number of halogens is 1. The van der Waals surface area contributed by atoms with Crippen LogP contribution in [-0.2, 0) is 0 Å². The van der Waals surface area contributed by atoms with Crippen LogP contribution in [0.25, 0.3) is 0 Å². The van der Waals surface area contributed by atoms with Gasteiger partial charge in [0.15, 0.2) is 0 Å². The molecule has 2 bridgehead atoms. The van der Waals surface area contributed by atoms with Gasteiger partial charge in [0, 0.05) is 13.1 Å². The Bertz CT molecular complexity index is 440. The number of benzene rings is 1. The van der Waals surface area contributed by atoms with E-state index < -0.39 is 0 Å². The Morgan fingerprint density at radius 3 is 3.00 bits per heavy atom. The van der Waals surface area contributed by atoms with Crippen molar-refractivity contribution in [3.8, 4) is 0 Å². The van der Waals surface area contributed by atoms with Crippen LogP contribution in [0, 0.1) is 5.92 Å². The molecule has 0 aliphatic carbocycles. The number of rotatable bonds is 3. The average molecular weight is 267 g/mol. The van der Waals surface area contributed by atoms with Crippen LogP contribution in [0.4, 0.5) is 5.69 Å². The van der Waals surface area contributed by atoms with Crippen molar-refractivity contribution < 1.29 is 5.11 Å². The summed E-state index contributed by atoms with van der Waals surface area (Å²) in [4.78, 5) is 2.48. The molecule has 1 aromatic rings. The smallest absolute Gasteiger partial charge is 0.0665 e. The molecule has 2 heterocycles. The van der Waals surface area contributed by atoms with E-state index in [0.29, 0.717) is 5.92 Å². The largest absolute Gasteiger partial charge is 0.394 e. The molecule has 0 aromatic heterocycles. The third-order valence-corrected chi connectivity index (χ3v) is 4.80. The second-order valence-corrected chi connectivity index (χ2v) is 5.86. The Kier molecular flexibility index (Phi) is 3.22. The van der Waals surface area contributed by atoms with Gasteiger partial charge in [-0.25, -0.2) is 0 Å². The molecule has 1 aromatic carbocycles. The van der Waals surface area contributed by atoms with Gasteiger partial charge >= 0.3 is 0 Å². The number of aliphatic hydroxyl groups is 1. The van der Waals surface area contributed by atoms with Gasteiger partial charge in [-0.05, 0) is 37.4 Å². The fraction of sp³-hybridized carbons (Fsp3) is 0.571. The van der Waals surface area contributed by atoms with Crippen molar-refractivity contribution in [2.75, 3.05) is 31.6 Å². The minimum atomic E-state index is -0.196. The van der Waals surface area contributed by atoms with Gasteiger partial charge in [-0.3, -0.25) is 0 Å². The van der Waals surface area contributed by atoms with Crippen LogP contribution < -0.4 is 5.32 Å². The molecule has 3 nitrogen and oxygen atoms in total. The summed E-state index contributed by atoms with van der Waals surface area (Å²) in [5, 5.41) is 14.1. The average Bonchev–Trinajstić information content (AvgIpc) is 2.80. The second kappa shape index (κ2) is 4.72. The summed E-state index contributed by atoms with van der Waals surface area (Å²) < 4.78 is 0. The molecule has 2 N–H and O–H groups in total. The van der Waals surface area contributed by atoms with Gasteiger partial charge in [-0.15, -0.1) is 0 Å². The lowest BCUT2D eigenvalue weighted by Crippen LogP contribution is -2.54. The van der Waals surface area contributed by atoms with Gasteiger partial charge in [0.1, 0.15) is 0 Å². The molecule has 0 radical (unpaired) electrons. The van der Waals surface area contributed by atoms with E-state index in [1.807, 2.05) is 24.3 Å². The molecule has 18 heavy (non-hydrogen) atoms. The van der Waals surface area contributed by atoms with E-state index in [-0.39, 0.29) is 12.1 Å². The van der Waals surface area contributed by atoms with Crippen molar-refractivity contribution in [1.82, 2.24) is 4.90 Å². The lowest BCUT2D eigenvalue weighted by atomic mass is 9.79. The number of piperidine rings is 1. The highest BCUT2D eigenvalue weighted by Gasteiger charge is 2.45. The monoisotopic (exact) mass is 266 g/mol. The first-order chi connectivity index (χ1) is 8.73. The van der Waals surface area contributed by atoms with E-state index in [0.717, 1.165) is 43.2 Å². The van der Waals surface area contributed by atoms with Crippen LogP contribution in [0.5, 0.6) is 0 Å². The summed E-state index contributed by atoms with van der Waals surface area (Å²) in [6.07, 6.45) is 2.15. The van der Waals surface area contributed by atoms with E-state index in [4.69, 9.17) is 11.6 Å². The van der Waals surface area contributed by atoms with Crippen molar-refractivity contribution in [1.29, 1.82) is 0 Å². The highest BCUT2D eigenvalue weighted by atomic mass is 35.5. The number of nitrogens with one attached hydrogen (secondary N) is 1. The van der Waals surface area contributed by atoms with Crippen molar-refractivity contribution in [2.24, 2.45) is 5.92 Å². The molecule has 4 heteroatoms. The second-order valence-electron chi connectivity index (χ2n) is 5.46. The summed E-state index contributed by atoms with van der Waals surface area (Å²) in [7, 11) is 0. The third kappa shape index (κ3) is 2.00. The Hall–Kier alpha value is -0.770. The zero-order valence-electron chi connectivity index (χ0n) is 10.4. The molecule has 98 valence electrons. The van der Waals surface area contributed by atoms with E-state index in [9.17, 15) is 5.11 Å². The van der Waals surface area contributed by atoms with Gasteiger partial charge in [-0.2, -0.15) is 0 Å². The van der Waals surface area contributed by atoms with E-state index in [1.165, 1.54) is 0 Å². The number of nitrogens with zero attached hydrogens (tertiary/aromatic N) is 1. The molecule has 2 fully saturated rings. The minimum Gasteiger partial charge on any atom is -0.394 e. The first-order valence-electron chi connectivity index (χ1n) is 6.59. The number of anilines is 1. The Morgan fingerprint density at radius 2 is 2.22 bits per heavy atom. The molecule has 0 saturated carbocycles. The molecule has 2 aliphatic heterocycles. The van der Waals surface area contributed by atoms with Crippen molar-refractivity contribution in [3.63, 3.8) is 0 Å². The van der Waals surface area contributed by atoms with E-state index in [1.54, 1.807) is 0 Å². The van der Waals surface area contributed by atoms with Gasteiger partial charge in [0.05, 0.1) is 22.9 Å². The maximum atomic E-state index is 9.89. The lowest BCUT2D eigenvalue weighted by Gasteiger charge is -2.43. The van der Waals surface area contributed by atoms with Crippen molar-refractivity contribution in [3.05, 3.63) is 29.3 Å². The number of fused-ring (bicyclic) bond motifs is 2. The maximum Gasteiger partial charge on any atom is 0.0665 e. The molecule has 3 atom stereocenters. The highest BCUT2D eigenvalue weighted by molar-refractivity contribution is 6.33. The Balaban J connectivity index is 1.86. The quantitative estimate of drug-likeness (QED) is 0.881. The predicted octanol–water partition coefficient (Wildman–Crippen LogP) is 2.21. The van der Waals surface area contributed by atoms with Gasteiger partial charge < -0.3 is 15.3 Å². The molecule has 3 rings (SSSR count). The number of para-hydroxylation sites is 1. The van der Waals surface area contributed by atoms with Gasteiger partial charge in [0.2, 0.25) is 0 Å². The van der Waals surface area contributed by atoms with Crippen molar-refractivity contribution >= 4 is 17.3 Å². The molecule has 3 unspecified atom stereocenters. The van der Waals surface area contributed by atoms with Gasteiger partial charge in [0.25, 0.3) is 0 Å². The fourth-order valence-electron chi connectivity index (χ4n) is 3.29. The summed E-state index contributed by atoms with van der Waals surface area (Å²) in [5.74, 6) is 0.521. The minimum absolute atomic E-state index is 0.177. The molecular formula is C14H19ClN2O. The maximum absolute atomic E-state index is 9.89. The predicted molar refractivity (Wildman–Crippen MR) is 74.1 cm³/mol. The molecule has 2 saturated heterocycles. The first kappa shape index (κ1) is 12.3. The number of hydrogen-bond donors (Lipinski definition) is 2. The molecule has 2 aliphatic rings. The summed E-state index contributed by atoms with van der Waals surface area (Å²) in [6.45, 7) is 3.50. The number of hydrogen-bond acceptors (Lipinski definition) is 3. The molecule has 0 amide bonds. The Labute approximate surface area is 113 Å². The number of aliphatic hydroxyl groups excluding tert-OH is 1. The summed E-state index contributed by atoms with van der Waals surface area (Å²) in [5.41, 5.74) is 0.742. The first-order valence-corrected chi connectivity index (χ1v) is 6.97. The van der Waals surface area contributed by atoms with Crippen LogP contribution in [0.15, 0.2) is 24.3 Å². The summed E-state index contributed by atoms with van der Waals surface area (Å²) in [6, 6.07) is 7.78. The standard InChI is InChI=1S/C14H19ClN2O/c15-12-3-1-2-4-13(12)16-14(10-18)6-8-17-7-5-11(14)9-17/h1-4,11,16,18H,5-10H2. The third-order valence-electron chi connectivity index (χ3n) is 4.47. The van der Waals surface area contributed by atoms with E-state index in [2.05, 4.69) is 10.2 Å². The van der Waals surface area contributed by atoms with Crippen LogP contribution in [0.2, 0.25) is 5.02 Å². The lowest BCUT2D eigenvalue weighted by molar-refractivity contribution is 0.112.